The molecule has 0 saturated heterocycles. The normalized spacial score (nSPS) is 18.5. The van der Waals surface area contributed by atoms with Gasteiger partial charge in [-0.05, 0) is 31.7 Å². The van der Waals surface area contributed by atoms with Crippen LogP contribution in [0.4, 0.5) is 0 Å². The number of benzene rings is 1. The number of hydrogen-bond acceptors (Lipinski definition) is 1. The number of aryl methyl sites for hydroxylation is 1. The van der Waals surface area contributed by atoms with Gasteiger partial charge in [-0.15, -0.1) is 0 Å². The number of halogens is 1. The molecule has 1 aliphatic rings. The van der Waals surface area contributed by atoms with Crippen LogP contribution in [0.1, 0.15) is 36.5 Å². The van der Waals surface area contributed by atoms with Crippen LogP contribution in [-0.4, -0.2) is 10.5 Å². The molecular weight excluding hydrogens is 299 g/mol. The van der Waals surface area contributed by atoms with Gasteiger partial charge in [0.15, 0.2) is 0 Å². The Labute approximate surface area is 105 Å². The predicted octanol–water partition coefficient (Wildman–Crippen LogP) is 4.04. The molecule has 1 aromatic carbocycles. The number of hydrogen-bond donors (Lipinski definition) is 0. The molecule has 15 heavy (non-hydrogen) atoms. The Morgan fingerprint density at radius 2 is 2.27 bits per heavy atom. The maximum Gasteiger partial charge on any atom is 0.0918 e. The van der Waals surface area contributed by atoms with Crippen LogP contribution in [0.5, 0.6) is 0 Å². The molecule has 0 radical (unpaired) electrons. The van der Waals surface area contributed by atoms with Crippen molar-refractivity contribution in [3.8, 4) is 0 Å². The third kappa shape index (κ3) is 2.94. The highest BCUT2D eigenvalue weighted by Gasteiger charge is 2.22. The lowest BCUT2D eigenvalue weighted by molar-refractivity contribution is -0.0411. The van der Waals surface area contributed by atoms with E-state index in [1.54, 1.807) is 0 Å². The molecule has 1 aliphatic carbocycles. The standard InChI is InChI=1S/C13H17IO/c1-10-4-2-5-11(8-10)13(9-14)15-12-6-3-7-12/h2,4-5,8,12-13H,3,6-7,9H2,1H3. The summed E-state index contributed by atoms with van der Waals surface area (Å²) in [4.78, 5) is 0. The van der Waals surface area contributed by atoms with Crippen LogP contribution in [0.15, 0.2) is 24.3 Å². The summed E-state index contributed by atoms with van der Waals surface area (Å²) in [5.74, 6) is 0. The van der Waals surface area contributed by atoms with Gasteiger partial charge in [-0.3, -0.25) is 0 Å². The Bertz CT molecular complexity index is 320. The van der Waals surface area contributed by atoms with Crippen LogP contribution < -0.4 is 0 Å². The van der Waals surface area contributed by atoms with E-state index < -0.39 is 0 Å². The summed E-state index contributed by atoms with van der Waals surface area (Å²) in [6.07, 6.45) is 4.64. The van der Waals surface area contributed by atoms with Crippen molar-refractivity contribution in [1.29, 1.82) is 0 Å². The highest BCUT2D eigenvalue weighted by Crippen LogP contribution is 2.30. The topological polar surface area (TPSA) is 9.23 Å². The predicted molar refractivity (Wildman–Crippen MR) is 71.5 cm³/mol. The quantitative estimate of drug-likeness (QED) is 0.602. The molecule has 82 valence electrons. The number of ether oxygens (including phenoxy) is 1. The van der Waals surface area contributed by atoms with Crippen molar-refractivity contribution in [2.45, 2.75) is 38.4 Å². The SMILES string of the molecule is Cc1cccc(C(CI)OC2CCC2)c1. The molecule has 1 unspecified atom stereocenters. The molecule has 2 rings (SSSR count). The van der Waals surface area contributed by atoms with Crippen molar-refractivity contribution in [2.24, 2.45) is 0 Å². The zero-order valence-electron chi connectivity index (χ0n) is 9.08. The van der Waals surface area contributed by atoms with E-state index in [4.69, 9.17) is 4.74 Å². The molecule has 1 saturated carbocycles. The summed E-state index contributed by atoms with van der Waals surface area (Å²) in [7, 11) is 0. The summed E-state index contributed by atoms with van der Waals surface area (Å²) in [5.41, 5.74) is 2.65. The largest absolute Gasteiger partial charge is 0.369 e. The lowest BCUT2D eigenvalue weighted by Crippen LogP contribution is -2.24. The first-order chi connectivity index (χ1) is 7.29. The Kier molecular flexibility index (Phi) is 4.03. The second kappa shape index (κ2) is 5.30. The molecule has 0 aromatic heterocycles. The smallest absolute Gasteiger partial charge is 0.0918 e. The molecule has 2 heteroatoms. The molecule has 1 nitrogen and oxygen atoms in total. The van der Waals surface area contributed by atoms with E-state index >= 15 is 0 Å². The van der Waals surface area contributed by atoms with Crippen LogP contribution in [0.25, 0.3) is 0 Å². The highest BCUT2D eigenvalue weighted by molar-refractivity contribution is 14.1. The minimum atomic E-state index is 0.288. The lowest BCUT2D eigenvalue weighted by Gasteiger charge is -2.30. The van der Waals surface area contributed by atoms with E-state index in [9.17, 15) is 0 Å². The second-order valence-corrected chi connectivity index (χ2v) is 5.13. The third-order valence-corrected chi connectivity index (χ3v) is 3.76. The third-order valence-electron chi connectivity index (χ3n) is 2.96. The molecule has 1 aromatic rings. The molecular formula is C13H17IO. The summed E-state index contributed by atoms with van der Waals surface area (Å²) >= 11 is 2.41. The van der Waals surface area contributed by atoms with Crippen molar-refractivity contribution in [3.05, 3.63) is 35.4 Å². The van der Waals surface area contributed by atoms with Crippen molar-refractivity contribution in [3.63, 3.8) is 0 Å². The fourth-order valence-corrected chi connectivity index (χ4v) is 2.53. The molecule has 0 N–H and O–H groups in total. The van der Waals surface area contributed by atoms with Gasteiger partial charge in [0, 0.05) is 4.43 Å². The molecule has 0 bridgehead atoms. The fraction of sp³-hybridized carbons (Fsp3) is 0.538. The van der Waals surface area contributed by atoms with E-state index in [-0.39, 0.29) is 6.10 Å². The van der Waals surface area contributed by atoms with Crippen LogP contribution in [0.2, 0.25) is 0 Å². The van der Waals surface area contributed by atoms with E-state index in [0.29, 0.717) is 6.10 Å². The van der Waals surface area contributed by atoms with E-state index in [2.05, 4.69) is 53.8 Å². The van der Waals surface area contributed by atoms with Gasteiger partial charge in [0.2, 0.25) is 0 Å². The molecule has 0 spiro atoms. The molecule has 0 amide bonds. The lowest BCUT2D eigenvalue weighted by atomic mass is 9.95. The van der Waals surface area contributed by atoms with Crippen molar-refractivity contribution >= 4 is 22.6 Å². The maximum absolute atomic E-state index is 6.07. The van der Waals surface area contributed by atoms with Gasteiger partial charge >= 0.3 is 0 Å². The van der Waals surface area contributed by atoms with Crippen molar-refractivity contribution < 1.29 is 4.74 Å². The van der Waals surface area contributed by atoms with Crippen molar-refractivity contribution in [1.82, 2.24) is 0 Å². The van der Waals surface area contributed by atoms with Gasteiger partial charge in [-0.2, -0.15) is 0 Å². The number of alkyl halides is 1. The first-order valence-electron chi connectivity index (χ1n) is 5.57. The summed E-state index contributed by atoms with van der Waals surface area (Å²) in [6.45, 7) is 2.14. The van der Waals surface area contributed by atoms with Crippen LogP contribution in [-0.2, 0) is 4.74 Å². The summed E-state index contributed by atoms with van der Waals surface area (Å²) in [6, 6.07) is 8.67. The van der Waals surface area contributed by atoms with Gasteiger partial charge < -0.3 is 4.74 Å². The van der Waals surface area contributed by atoms with Gasteiger partial charge in [0.25, 0.3) is 0 Å². The maximum atomic E-state index is 6.07. The van der Waals surface area contributed by atoms with Crippen LogP contribution in [0.3, 0.4) is 0 Å². The molecule has 1 fully saturated rings. The number of rotatable bonds is 4. The fourth-order valence-electron chi connectivity index (χ4n) is 1.81. The van der Waals surface area contributed by atoms with Gasteiger partial charge in [0.1, 0.15) is 0 Å². The van der Waals surface area contributed by atoms with Gasteiger partial charge in [-0.1, -0.05) is 52.4 Å². The Morgan fingerprint density at radius 3 is 2.80 bits per heavy atom. The zero-order valence-corrected chi connectivity index (χ0v) is 11.2. The van der Waals surface area contributed by atoms with E-state index in [1.807, 2.05) is 0 Å². The summed E-state index contributed by atoms with van der Waals surface area (Å²) in [5, 5.41) is 0. The second-order valence-electron chi connectivity index (χ2n) is 4.25. The average molecular weight is 316 g/mol. The van der Waals surface area contributed by atoms with Gasteiger partial charge in [-0.25, -0.2) is 0 Å². The minimum Gasteiger partial charge on any atom is -0.369 e. The van der Waals surface area contributed by atoms with Gasteiger partial charge in [0.05, 0.1) is 12.2 Å². The Balaban J connectivity index is 2.04. The van der Waals surface area contributed by atoms with E-state index in [0.717, 1.165) is 4.43 Å². The zero-order chi connectivity index (χ0) is 10.7. The highest BCUT2D eigenvalue weighted by atomic mass is 127. The Morgan fingerprint density at radius 1 is 1.47 bits per heavy atom. The minimum absolute atomic E-state index is 0.288. The molecule has 0 aliphatic heterocycles. The monoisotopic (exact) mass is 316 g/mol. The molecule has 0 heterocycles. The van der Waals surface area contributed by atoms with Crippen LogP contribution in [0, 0.1) is 6.92 Å². The first-order valence-corrected chi connectivity index (χ1v) is 7.10. The molecule has 1 atom stereocenters. The summed E-state index contributed by atoms with van der Waals surface area (Å²) < 4.78 is 7.11. The average Bonchev–Trinajstić information content (AvgIpc) is 2.16. The first kappa shape index (κ1) is 11.4. The Hall–Kier alpha value is -0.0900. The van der Waals surface area contributed by atoms with Crippen LogP contribution >= 0.6 is 22.6 Å². The van der Waals surface area contributed by atoms with E-state index in [1.165, 1.54) is 30.4 Å². The van der Waals surface area contributed by atoms with Crippen molar-refractivity contribution in [2.75, 3.05) is 4.43 Å².